The fraction of sp³-hybridized carbons (Fsp3) is 0.250. The van der Waals surface area contributed by atoms with E-state index in [1.165, 1.54) is 17.7 Å². The number of aryl methyl sites for hydroxylation is 1. The Hall–Kier alpha value is -0.870. The Balaban J connectivity index is 1.95. The summed E-state index contributed by atoms with van der Waals surface area (Å²) in [5.74, 6) is 0.747. The highest BCUT2D eigenvalue weighted by molar-refractivity contribution is 9.11. The molecule has 0 fully saturated rings. The lowest BCUT2D eigenvalue weighted by Gasteiger charge is -2.20. The van der Waals surface area contributed by atoms with Gasteiger partial charge in [-0.05, 0) is 47.7 Å². The van der Waals surface area contributed by atoms with Gasteiger partial charge in [-0.15, -0.1) is 0 Å². The average Bonchev–Trinajstić information content (AvgIpc) is 2.46. The molecular weight excluding hydrogens is 387 g/mol. The number of ether oxygens (including phenoxy) is 1. The number of rotatable bonds is 2. The van der Waals surface area contributed by atoms with Crippen LogP contribution >= 0.6 is 31.9 Å². The zero-order valence-electron chi connectivity index (χ0n) is 10.7. The number of hydrogen-bond donors (Lipinski definition) is 0. The van der Waals surface area contributed by atoms with Crippen molar-refractivity contribution in [2.24, 2.45) is 0 Å². The van der Waals surface area contributed by atoms with Gasteiger partial charge in [-0.1, -0.05) is 50.1 Å². The summed E-state index contributed by atoms with van der Waals surface area (Å²) in [6.07, 6.45) is 2.11. The van der Waals surface area contributed by atoms with E-state index in [-0.39, 0.29) is 10.6 Å². The highest BCUT2D eigenvalue weighted by Gasteiger charge is 2.17. The second-order valence-electron chi connectivity index (χ2n) is 4.85. The van der Waals surface area contributed by atoms with Gasteiger partial charge in [-0.25, -0.2) is 4.39 Å². The Morgan fingerprint density at radius 1 is 1.15 bits per heavy atom. The first-order valence-corrected chi connectivity index (χ1v) is 8.20. The van der Waals surface area contributed by atoms with Gasteiger partial charge in [0.2, 0.25) is 0 Å². The summed E-state index contributed by atoms with van der Waals surface area (Å²) in [5, 5.41) is 0. The molecular formula is C16H13Br2FO. The highest BCUT2D eigenvalue weighted by Crippen LogP contribution is 2.38. The van der Waals surface area contributed by atoms with Crippen molar-refractivity contribution in [3.8, 4) is 5.75 Å². The molecule has 3 rings (SSSR count). The third-order valence-corrected chi connectivity index (χ3v) is 5.17. The monoisotopic (exact) mass is 398 g/mol. The van der Waals surface area contributed by atoms with Crippen molar-refractivity contribution in [1.82, 2.24) is 0 Å². The molecule has 1 aliphatic heterocycles. The molecule has 2 aromatic rings. The second kappa shape index (κ2) is 5.86. The fourth-order valence-corrected chi connectivity index (χ4v) is 4.00. The van der Waals surface area contributed by atoms with Crippen molar-refractivity contribution < 1.29 is 9.13 Å². The van der Waals surface area contributed by atoms with Crippen LogP contribution < -0.4 is 4.74 Å². The molecule has 1 aliphatic rings. The molecule has 0 bridgehead atoms. The number of fused-ring (bicyclic) bond motifs is 1. The van der Waals surface area contributed by atoms with E-state index in [4.69, 9.17) is 4.74 Å². The van der Waals surface area contributed by atoms with Crippen LogP contribution in [0.2, 0.25) is 0 Å². The maximum atomic E-state index is 13.2. The van der Waals surface area contributed by atoms with E-state index in [2.05, 4.69) is 44.0 Å². The first kappa shape index (κ1) is 14.1. The van der Waals surface area contributed by atoms with Crippen molar-refractivity contribution in [1.29, 1.82) is 0 Å². The fourth-order valence-electron chi connectivity index (χ4n) is 2.42. The van der Waals surface area contributed by atoms with Crippen LogP contribution in [-0.2, 0) is 6.42 Å². The minimum absolute atomic E-state index is 0.0321. The van der Waals surface area contributed by atoms with E-state index in [0.717, 1.165) is 40.8 Å². The molecule has 0 saturated heterocycles. The number of halogens is 3. The van der Waals surface area contributed by atoms with Gasteiger partial charge in [0, 0.05) is 4.47 Å². The molecule has 1 atom stereocenters. The number of alkyl halides is 1. The van der Waals surface area contributed by atoms with Crippen LogP contribution in [0.5, 0.6) is 5.75 Å². The number of benzene rings is 2. The third-order valence-electron chi connectivity index (χ3n) is 3.46. The minimum atomic E-state index is -0.237. The molecule has 4 heteroatoms. The summed E-state index contributed by atoms with van der Waals surface area (Å²) in [6, 6.07) is 11.0. The van der Waals surface area contributed by atoms with Gasteiger partial charge in [-0.2, -0.15) is 0 Å². The zero-order chi connectivity index (χ0) is 14.1. The molecule has 2 aromatic carbocycles. The zero-order valence-corrected chi connectivity index (χ0v) is 13.9. The molecule has 1 nitrogen and oxygen atoms in total. The van der Waals surface area contributed by atoms with Crippen LogP contribution in [0.1, 0.15) is 27.9 Å². The Morgan fingerprint density at radius 3 is 2.80 bits per heavy atom. The summed E-state index contributed by atoms with van der Waals surface area (Å²) in [5.41, 5.74) is 3.42. The van der Waals surface area contributed by atoms with Gasteiger partial charge in [0.05, 0.1) is 11.4 Å². The second-order valence-corrected chi connectivity index (χ2v) is 6.62. The lowest BCUT2D eigenvalue weighted by Crippen LogP contribution is -2.09. The summed E-state index contributed by atoms with van der Waals surface area (Å²) in [7, 11) is 0. The van der Waals surface area contributed by atoms with Crippen LogP contribution in [0.4, 0.5) is 4.39 Å². The van der Waals surface area contributed by atoms with Gasteiger partial charge in [0.15, 0.2) is 0 Å². The molecule has 0 saturated carbocycles. The van der Waals surface area contributed by atoms with E-state index in [1.54, 1.807) is 6.07 Å². The highest BCUT2D eigenvalue weighted by atomic mass is 79.9. The average molecular weight is 400 g/mol. The summed E-state index contributed by atoms with van der Waals surface area (Å²) < 4.78 is 19.6. The summed E-state index contributed by atoms with van der Waals surface area (Å²) in [6.45, 7) is 0.799. The first-order chi connectivity index (χ1) is 9.65. The largest absolute Gasteiger partial charge is 0.493 e. The Bertz CT molecular complexity index is 642. The number of hydrogen-bond acceptors (Lipinski definition) is 1. The van der Waals surface area contributed by atoms with E-state index < -0.39 is 0 Å². The molecule has 1 heterocycles. The molecule has 104 valence electrons. The predicted molar refractivity (Wildman–Crippen MR) is 85.1 cm³/mol. The van der Waals surface area contributed by atoms with Gasteiger partial charge in [0.1, 0.15) is 11.6 Å². The van der Waals surface area contributed by atoms with Crippen molar-refractivity contribution in [2.45, 2.75) is 17.7 Å². The maximum absolute atomic E-state index is 13.2. The van der Waals surface area contributed by atoms with E-state index in [9.17, 15) is 4.39 Å². The molecule has 0 N–H and O–H groups in total. The van der Waals surface area contributed by atoms with E-state index in [0.29, 0.717) is 0 Å². The third kappa shape index (κ3) is 2.77. The van der Waals surface area contributed by atoms with Crippen LogP contribution in [-0.4, -0.2) is 6.61 Å². The normalized spacial score (nSPS) is 15.3. The minimum Gasteiger partial charge on any atom is -0.493 e. The van der Waals surface area contributed by atoms with E-state index >= 15 is 0 Å². The quantitative estimate of drug-likeness (QED) is 0.614. The van der Waals surface area contributed by atoms with E-state index in [1.807, 2.05) is 6.07 Å². The maximum Gasteiger partial charge on any atom is 0.124 e. The lowest BCUT2D eigenvalue weighted by molar-refractivity contribution is 0.288. The van der Waals surface area contributed by atoms with Crippen molar-refractivity contribution in [3.05, 3.63) is 63.4 Å². The molecule has 0 aliphatic carbocycles. The lowest BCUT2D eigenvalue weighted by atomic mass is 9.99. The van der Waals surface area contributed by atoms with Crippen LogP contribution in [0, 0.1) is 5.82 Å². The van der Waals surface area contributed by atoms with Crippen LogP contribution in [0.25, 0.3) is 0 Å². The topological polar surface area (TPSA) is 9.23 Å². The standard InChI is InChI=1S/C16H13Br2FO/c17-14-9-12(19)4-5-13(14)16(18)11-3-6-15-10(8-11)2-1-7-20-15/h3-6,8-9,16H,1-2,7H2. The SMILES string of the molecule is Fc1ccc(C(Br)c2ccc3c(c2)CCCO3)c(Br)c1. The molecule has 20 heavy (non-hydrogen) atoms. The van der Waals surface area contributed by atoms with Gasteiger partial charge in [0.25, 0.3) is 0 Å². The summed E-state index contributed by atoms with van der Waals surface area (Å²) >= 11 is 7.13. The Morgan fingerprint density at radius 2 is 2.00 bits per heavy atom. The predicted octanol–water partition coefficient (Wildman–Crippen LogP) is 5.40. The van der Waals surface area contributed by atoms with Gasteiger partial charge in [-0.3, -0.25) is 0 Å². The Labute approximate surface area is 134 Å². The Kier molecular flexibility index (Phi) is 4.13. The van der Waals surface area contributed by atoms with Gasteiger partial charge >= 0.3 is 0 Å². The van der Waals surface area contributed by atoms with Crippen LogP contribution in [0.3, 0.4) is 0 Å². The summed E-state index contributed by atoms with van der Waals surface area (Å²) in [4.78, 5) is 0.0321. The smallest absolute Gasteiger partial charge is 0.124 e. The first-order valence-electron chi connectivity index (χ1n) is 6.50. The molecule has 0 aromatic heterocycles. The molecule has 0 spiro atoms. The molecule has 1 unspecified atom stereocenters. The van der Waals surface area contributed by atoms with Crippen molar-refractivity contribution >= 4 is 31.9 Å². The van der Waals surface area contributed by atoms with Crippen molar-refractivity contribution in [3.63, 3.8) is 0 Å². The molecule has 0 radical (unpaired) electrons. The molecule has 0 amide bonds. The van der Waals surface area contributed by atoms with Crippen molar-refractivity contribution in [2.75, 3.05) is 6.61 Å². The van der Waals surface area contributed by atoms with Crippen LogP contribution in [0.15, 0.2) is 40.9 Å². The van der Waals surface area contributed by atoms with Gasteiger partial charge < -0.3 is 4.74 Å².